The van der Waals surface area contributed by atoms with Crippen LogP contribution in [0.4, 0.5) is 4.39 Å². The molecule has 0 aromatic carbocycles. The SMILES string of the molecule is CCc1nn(CCF)c(CC)c1CNC(C)C. The molecule has 3 nitrogen and oxygen atoms in total. The second kappa shape index (κ2) is 6.74. The summed E-state index contributed by atoms with van der Waals surface area (Å²) >= 11 is 0. The summed E-state index contributed by atoms with van der Waals surface area (Å²) in [5, 5.41) is 7.92. The molecule has 0 radical (unpaired) electrons. The molecule has 0 saturated heterocycles. The number of nitrogens with one attached hydrogen (secondary N) is 1. The van der Waals surface area contributed by atoms with Gasteiger partial charge >= 0.3 is 0 Å². The first-order valence-electron chi connectivity index (χ1n) is 6.50. The first-order chi connectivity index (χ1) is 8.13. The minimum absolute atomic E-state index is 0.352. The molecule has 0 unspecified atom stereocenters. The van der Waals surface area contributed by atoms with E-state index >= 15 is 0 Å². The number of hydrogen-bond acceptors (Lipinski definition) is 2. The van der Waals surface area contributed by atoms with Crippen molar-refractivity contribution >= 4 is 0 Å². The molecule has 1 heterocycles. The number of aryl methyl sites for hydroxylation is 2. The maximum Gasteiger partial charge on any atom is 0.109 e. The van der Waals surface area contributed by atoms with E-state index < -0.39 is 0 Å². The molecule has 0 fully saturated rings. The minimum atomic E-state index is -0.352. The molecule has 17 heavy (non-hydrogen) atoms. The van der Waals surface area contributed by atoms with Crippen LogP contribution in [0.3, 0.4) is 0 Å². The molecule has 1 N–H and O–H groups in total. The summed E-state index contributed by atoms with van der Waals surface area (Å²) in [6, 6.07) is 0.453. The third kappa shape index (κ3) is 3.53. The Labute approximate surface area is 103 Å². The van der Waals surface area contributed by atoms with Crippen LogP contribution < -0.4 is 5.32 Å². The summed E-state index contributed by atoms with van der Waals surface area (Å²) in [6.45, 7) is 9.31. The fraction of sp³-hybridized carbons (Fsp3) is 0.769. The average molecular weight is 241 g/mol. The van der Waals surface area contributed by atoms with Crippen LogP contribution in [0.2, 0.25) is 0 Å². The number of nitrogens with zero attached hydrogens (tertiary/aromatic N) is 2. The van der Waals surface area contributed by atoms with Crippen LogP contribution >= 0.6 is 0 Å². The molecule has 0 spiro atoms. The zero-order valence-electron chi connectivity index (χ0n) is 11.4. The van der Waals surface area contributed by atoms with Crippen LogP contribution in [-0.4, -0.2) is 22.5 Å². The highest BCUT2D eigenvalue weighted by Gasteiger charge is 2.15. The third-order valence-corrected chi connectivity index (χ3v) is 2.90. The topological polar surface area (TPSA) is 29.9 Å². The summed E-state index contributed by atoms with van der Waals surface area (Å²) in [4.78, 5) is 0. The maximum absolute atomic E-state index is 12.5. The summed E-state index contributed by atoms with van der Waals surface area (Å²) in [6.07, 6.45) is 1.81. The molecule has 0 aliphatic carbocycles. The van der Waals surface area contributed by atoms with E-state index in [0.29, 0.717) is 12.6 Å². The molecule has 0 atom stereocenters. The third-order valence-electron chi connectivity index (χ3n) is 2.90. The van der Waals surface area contributed by atoms with Gasteiger partial charge in [0.25, 0.3) is 0 Å². The average Bonchev–Trinajstić information content (AvgIpc) is 2.64. The van der Waals surface area contributed by atoms with Crippen molar-refractivity contribution in [2.24, 2.45) is 0 Å². The van der Waals surface area contributed by atoms with Crippen LogP contribution in [0, 0.1) is 0 Å². The Morgan fingerprint density at radius 1 is 1.29 bits per heavy atom. The highest BCUT2D eigenvalue weighted by Crippen LogP contribution is 2.16. The first kappa shape index (κ1) is 14.2. The standard InChI is InChI=1S/C13H24FN3/c1-5-12-11(9-15-10(3)4)13(6-2)17(16-12)8-7-14/h10,15H,5-9H2,1-4H3. The van der Waals surface area contributed by atoms with Gasteiger partial charge in [0.05, 0.1) is 12.2 Å². The highest BCUT2D eigenvalue weighted by atomic mass is 19.1. The van der Waals surface area contributed by atoms with E-state index in [2.05, 4.69) is 38.1 Å². The Hall–Kier alpha value is -0.900. The molecule has 4 heteroatoms. The van der Waals surface area contributed by atoms with E-state index in [1.165, 1.54) is 11.3 Å². The first-order valence-corrected chi connectivity index (χ1v) is 6.50. The molecule has 0 bridgehead atoms. The van der Waals surface area contributed by atoms with Crippen molar-refractivity contribution in [2.75, 3.05) is 6.67 Å². The van der Waals surface area contributed by atoms with Crippen LogP contribution in [0.15, 0.2) is 0 Å². The smallest absolute Gasteiger partial charge is 0.109 e. The van der Waals surface area contributed by atoms with Crippen LogP contribution in [0.1, 0.15) is 44.6 Å². The van der Waals surface area contributed by atoms with Crippen molar-refractivity contribution in [3.05, 3.63) is 17.0 Å². The van der Waals surface area contributed by atoms with Crippen LogP contribution in [0.5, 0.6) is 0 Å². The molecule has 1 aromatic heterocycles. The van der Waals surface area contributed by atoms with Gasteiger partial charge in [0, 0.05) is 23.8 Å². The minimum Gasteiger partial charge on any atom is -0.310 e. The van der Waals surface area contributed by atoms with E-state index in [9.17, 15) is 4.39 Å². The number of halogens is 1. The fourth-order valence-electron chi connectivity index (χ4n) is 2.04. The van der Waals surface area contributed by atoms with E-state index in [4.69, 9.17) is 0 Å². The molecule has 0 aliphatic rings. The lowest BCUT2D eigenvalue weighted by Crippen LogP contribution is -2.23. The van der Waals surface area contributed by atoms with E-state index in [0.717, 1.165) is 25.1 Å². The normalized spacial score (nSPS) is 11.4. The Balaban J connectivity index is 2.97. The molecule has 0 amide bonds. The van der Waals surface area contributed by atoms with E-state index in [-0.39, 0.29) is 6.67 Å². The van der Waals surface area contributed by atoms with Crippen LogP contribution in [0.25, 0.3) is 0 Å². The zero-order chi connectivity index (χ0) is 12.8. The van der Waals surface area contributed by atoms with Gasteiger partial charge in [0.1, 0.15) is 6.67 Å². The lowest BCUT2D eigenvalue weighted by molar-refractivity contribution is 0.419. The predicted molar refractivity (Wildman–Crippen MR) is 68.9 cm³/mol. The van der Waals surface area contributed by atoms with Gasteiger partial charge in [0.2, 0.25) is 0 Å². The number of hydrogen-bond donors (Lipinski definition) is 1. The molecule has 0 aliphatic heterocycles. The summed E-state index contributed by atoms with van der Waals surface area (Å²) in [5.41, 5.74) is 3.54. The van der Waals surface area contributed by atoms with Crippen molar-refractivity contribution in [1.82, 2.24) is 15.1 Å². The molecule has 1 aromatic rings. The van der Waals surface area contributed by atoms with Crippen molar-refractivity contribution in [3.8, 4) is 0 Å². The van der Waals surface area contributed by atoms with Gasteiger partial charge < -0.3 is 5.32 Å². The van der Waals surface area contributed by atoms with Crippen LogP contribution in [-0.2, 0) is 25.9 Å². The van der Waals surface area contributed by atoms with E-state index in [1.54, 1.807) is 0 Å². The molecule has 98 valence electrons. The van der Waals surface area contributed by atoms with Gasteiger partial charge in [-0.15, -0.1) is 0 Å². The summed E-state index contributed by atoms with van der Waals surface area (Å²) in [5.74, 6) is 0. The number of rotatable bonds is 7. The Kier molecular flexibility index (Phi) is 5.62. The Morgan fingerprint density at radius 3 is 2.47 bits per heavy atom. The largest absolute Gasteiger partial charge is 0.310 e. The van der Waals surface area contributed by atoms with Crippen molar-refractivity contribution in [1.29, 1.82) is 0 Å². The molecule has 0 saturated carbocycles. The van der Waals surface area contributed by atoms with Gasteiger partial charge in [-0.3, -0.25) is 4.68 Å². The monoisotopic (exact) mass is 241 g/mol. The van der Waals surface area contributed by atoms with Gasteiger partial charge in [-0.05, 0) is 12.8 Å². The lowest BCUT2D eigenvalue weighted by atomic mass is 10.1. The predicted octanol–water partition coefficient (Wildman–Crippen LogP) is 2.48. The van der Waals surface area contributed by atoms with Crippen molar-refractivity contribution in [2.45, 2.75) is 59.7 Å². The lowest BCUT2D eigenvalue weighted by Gasteiger charge is -2.10. The van der Waals surface area contributed by atoms with Gasteiger partial charge in [-0.2, -0.15) is 5.10 Å². The highest BCUT2D eigenvalue weighted by molar-refractivity contribution is 5.26. The molecular formula is C13H24FN3. The van der Waals surface area contributed by atoms with Gasteiger partial charge in [-0.1, -0.05) is 27.7 Å². The molecule has 1 rings (SSSR count). The molecular weight excluding hydrogens is 217 g/mol. The fourth-order valence-corrected chi connectivity index (χ4v) is 2.04. The van der Waals surface area contributed by atoms with Crippen molar-refractivity contribution in [3.63, 3.8) is 0 Å². The Morgan fingerprint density at radius 2 is 2.00 bits per heavy atom. The second-order valence-electron chi connectivity index (χ2n) is 4.53. The second-order valence-corrected chi connectivity index (χ2v) is 4.53. The summed E-state index contributed by atoms with van der Waals surface area (Å²) < 4.78 is 14.3. The van der Waals surface area contributed by atoms with Gasteiger partial charge in [0.15, 0.2) is 0 Å². The number of aromatic nitrogens is 2. The number of alkyl halides is 1. The zero-order valence-corrected chi connectivity index (χ0v) is 11.4. The Bertz CT molecular complexity index is 345. The van der Waals surface area contributed by atoms with Gasteiger partial charge in [-0.25, -0.2) is 4.39 Å². The quantitative estimate of drug-likeness (QED) is 0.795. The summed E-state index contributed by atoms with van der Waals surface area (Å²) in [7, 11) is 0. The maximum atomic E-state index is 12.5. The van der Waals surface area contributed by atoms with E-state index in [1.807, 2.05) is 4.68 Å². The van der Waals surface area contributed by atoms with Crippen molar-refractivity contribution < 1.29 is 4.39 Å².